The lowest BCUT2D eigenvalue weighted by Gasteiger charge is -2.12. The highest BCUT2D eigenvalue weighted by molar-refractivity contribution is 5.83. The van der Waals surface area contributed by atoms with Gasteiger partial charge in [-0.2, -0.15) is 0 Å². The molecular formula is C19H18FN. The van der Waals surface area contributed by atoms with Gasteiger partial charge in [-0.15, -0.1) is 0 Å². The van der Waals surface area contributed by atoms with Crippen LogP contribution in [0.4, 0.5) is 4.39 Å². The van der Waals surface area contributed by atoms with Crippen molar-refractivity contribution in [3.8, 4) is 0 Å². The quantitative estimate of drug-likeness (QED) is 0.750. The Balaban J connectivity index is 1.83. The van der Waals surface area contributed by atoms with Crippen molar-refractivity contribution in [1.29, 1.82) is 0 Å². The molecule has 0 saturated carbocycles. The minimum atomic E-state index is -0.210. The van der Waals surface area contributed by atoms with Gasteiger partial charge in [-0.05, 0) is 35.8 Å². The van der Waals surface area contributed by atoms with E-state index in [-0.39, 0.29) is 11.9 Å². The van der Waals surface area contributed by atoms with Gasteiger partial charge >= 0.3 is 0 Å². The van der Waals surface area contributed by atoms with Crippen LogP contribution in [0.2, 0.25) is 0 Å². The van der Waals surface area contributed by atoms with Crippen molar-refractivity contribution in [2.75, 3.05) is 0 Å². The first-order valence-corrected chi connectivity index (χ1v) is 7.20. The van der Waals surface area contributed by atoms with Gasteiger partial charge in [0.1, 0.15) is 5.82 Å². The van der Waals surface area contributed by atoms with E-state index in [1.54, 1.807) is 12.1 Å². The summed E-state index contributed by atoms with van der Waals surface area (Å²) in [5.74, 6) is 0.108. The molecule has 2 heteroatoms. The smallest absolute Gasteiger partial charge is 0.123 e. The molecule has 0 amide bonds. The number of halogens is 1. The van der Waals surface area contributed by atoms with Crippen LogP contribution in [0, 0.1) is 12.7 Å². The molecule has 106 valence electrons. The van der Waals surface area contributed by atoms with Crippen LogP contribution in [-0.4, -0.2) is 6.21 Å². The molecule has 0 aliphatic carbocycles. The van der Waals surface area contributed by atoms with Gasteiger partial charge in [-0.25, -0.2) is 4.39 Å². The van der Waals surface area contributed by atoms with Crippen molar-refractivity contribution in [1.82, 2.24) is 0 Å². The average molecular weight is 279 g/mol. The molecule has 1 nitrogen and oxygen atoms in total. The van der Waals surface area contributed by atoms with Crippen molar-refractivity contribution < 1.29 is 4.39 Å². The van der Waals surface area contributed by atoms with E-state index in [1.807, 2.05) is 6.21 Å². The number of hydrogen-bond acceptors (Lipinski definition) is 1. The minimum Gasteiger partial charge on any atom is -0.281 e. The average Bonchev–Trinajstić information content (AvgIpc) is 2.97. The zero-order valence-electron chi connectivity index (χ0n) is 12.3. The van der Waals surface area contributed by atoms with Crippen molar-refractivity contribution >= 4 is 6.21 Å². The highest BCUT2D eigenvalue weighted by Crippen LogP contribution is 2.32. The fourth-order valence-corrected chi connectivity index (χ4v) is 2.67. The van der Waals surface area contributed by atoms with Gasteiger partial charge < -0.3 is 0 Å². The Hall–Kier alpha value is -2.22. The molecule has 0 spiro atoms. The summed E-state index contributed by atoms with van der Waals surface area (Å²) in [5, 5.41) is 0. The van der Waals surface area contributed by atoms with E-state index in [0.29, 0.717) is 5.92 Å². The molecule has 0 aromatic heterocycles. The number of aliphatic imine (C=N–C) groups is 1. The van der Waals surface area contributed by atoms with Gasteiger partial charge in [0.25, 0.3) is 0 Å². The molecule has 1 aliphatic heterocycles. The monoisotopic (exact) mass is 279 g/mol. The minimum absolute atomic E-state index is 0.00728. The number of aryl methyl sites for hydroxylation is 1. The molecule has 0 N–H and O–H groups in total. The predicted molar refractivity (Wildman–Crippen MR) is 85.3 cm³/mol. The lowest BCUT2D eigenvalue weighted by Crippen LogP contribution is -1.98. The first-order chi connectivity index (χ1) is 10.1. The second-order valence-electron chi connectivity index (χ2n) is 5.58. The molecule has 2 aromatic rings. The van der Waals surface area contributed by atoms with Gasteiger partial charge in [0.15, 0.2) is 0 Å². The van der Waals surface area contributed by atoms with Crippen molar-refractivity contribution in [3.05, 3.63) is 82.7 Å². The number of rotatable bonds is 3. The topological polar surface area (TPSA) is 12.4 Å². The van der Waals surface area contributed by atoms with E-state index in [4.69, 9.17) is 0 Å². The Kier molecular flexibility index (Phi) is 3.70. The normalized spacial score (nSPS) is 18.6. The number of allylic oxidation sites excluding steroid dienone is 1. The summed E-state index contributed by atoms with van der Waals surface area (Å²) >= 11 is 0. The third-order valence-corrected chi connectivity index (χ3v) is 3.99. The number of nitrogens with zero attached hydrogens (tertiary/aromatic N) is 1. The SMILES string of the molecule is Cc1cccc(C(C)C2=CC(c3ccc(F)cc3)N=C2)c1. The molecular weight excluding hydrogens is 261 g/mol. The molecule has 1 heterocycles. The van der Waals surface area contributed by atoms with Crippen LogP contribution < -0.4 is 0 Å². The zero-order valence-corrected chi connectivity index (χ0v) is 12.3. The molecule has 2 unspecified atom stereocenters. The second-order valence-corrected chi connectivity index (χ2v) is 5.58. The molecule has 1 aliphatic rings. The molecule has 21 heavy (non-hydrogen) atoms. The summed E-state index contributed by atoms with van der Waals surface area (Å²) in [4.78, 5) is 4.55. The molecule has 2 atom stereocenters. The lowest BCUT2D eigenvalue weighted by atomic mass is 9.92. The molecule has 3 rings (SSSR count). The van der Waals surface area contributed by atoms with Crippen LogP contribution in [-0.2, 0) is 0 Å². The van der Waals surface area contributed by atoms with Gasteiger partial charge in [0, 0.05) is 12.1 Å². The Morgan fingerprint density at radius 1 is 1.10 bits per heavy atom. The largest absolute Gasteiger partial charge is 0.281 e. The maximum atomic E-state index is 13.0. The zero-order chi connectivity index (χ0) is 14.8. The van der Waals surface area contributed by atoms with Crippen LogP contribution >= 0.6 is 0 Å². The van der Waals surface area contributed by atoms with Gasteiger partial charge in [0.05, 0.1) is 6.04 Å². The Labute approximate surface area is 124 Å². The van der Waals surface area contributed by atoms with E-state index in [9.17, 15) is 4.39 Å². The summed E-state index contributed by atoms with van der Waals surface area (Å²) < 4.78 is 13.0. The highest BCUT2D eigenvalue weighted by Gasteiger charge is 2.18. The van der Waals surface area contributed by atoms with Crippen LogP contribution in [0.25, 0.3) is 0 Å². The predicted octanol–water partition coefficient (Wildman–Crippen LogP) is 4.99. The third-order valence-electron chi connectivity index (χ3n) is 3.99. The summed E-state index contributed by atoms with van der Waals surface area (Å²) in [6, 6.07) is 15.1. The van der Waals surface area contributed by atoms with Crippen LogP contribution in [0.15, 0.2) is 65.2 Å². The van der Waals surface area contributed by atoms with E-state index >= 15 is 0 Å². The second kappa shape index (κ2) is 5.65. The summed E-state index contributed by atoms with van der Waals surface area (Å²) in [6.45, 7) is 4.30. The van der Waals surface area contributed by atoms with Crippen molar-refractivity contribution in [3.63, 3.8) is 0 Å². The maximum Gasteiger partial charge on any atom is 0.123 e. The molecule has 0 fully saturated rings. The Morgan fingerprint density at radius 3 is 2.57 bits per heavy atom. The highest BCUT2D eigenvalue weighted by atomic mass is 19.1. The maximum absolute atomic E-state index is 13.0. The number of hydrogen-bond donors (Lipinski definition) is 0. The lowest BCUT2D eigenvalue weighted by molar-refractivity contribution is 0.626. The van der Waals surface area contributed by atoms with E-state index in [2.05, 4.69) is 49.2 Å². The van der Waals surface area contributed by atoms with Gasteiger partial charge in [-0.1, -0.05) is 55.0 Å². The number of benzene rings is 2. The van der Waals surface area contributed by atoms with Crippen LogP contribution in [0.5, 0.6) is 0 Å². The first kappa shape index (κ1) is 13.7. The van der Waals surface area contributed by atoms with E-state index < -0.39 is 0 Å². The fourth-order valence-electron chi connectivity index (χ4n) is 2.67. The van der Waals surface area contributed by atoms with Gasteiger partial charge in [0.2, 0.25) is 0 Å². The Bertz CT molecular complexity index is 698. The molecule has 0 radical (unpaired) electrons. The summed E-state index contributed by atoms with van der Waals surface area (Å²) in [6.07, 6.45) is 4.11. The van der Waals surface area contributed by atoms with Crippen molar-refractivity contribution in [2.24, 2.45) is 4.99 Å². The van der Waals surface area contributed by atoms with Crippen LogP contribution in [0.1, 0.15) is 35.6 Å². The molecule has 0 bridgehead atoms. The van der Waals surface area contributed by atoms with Crippen molar-refractivity contribution in [2.45, 2.75) is 25.8 Å². The molecule has 0 saturated heterocycles. The Morgan fingerprint density at radius 2 is 1.86 bits per heavy atom. The van der Waals surface area contributed by atoms with Crippen LogP contribution in [0.3, 0.4) is 0 Å². The third kappa shape index (κ3) is 2.94. The first-order valence-electron chi connectivity index (χ1n) is 7.20. The summed E-state index contributed by atoms with van der Waals surface area (Å²) in [5.41, 5.74) is 4.81. The van der Waals surface area contributed by atoms with E-state index in [0.717, 1.165) is 5.56 Å². The van der Waals surface area contributed by atoms with E-state index in [1.165, 1.54) is 28.8 Å². The fraction of sp³-hybridized carbons (Fsp3) is 0.211. The summed E-state index contributed by atoms with van der Waals surface area (Å²) in [7, 11) is 0. The van der Waals surface area contributed by atoms with Gasteiger partial charge in [-0.3, -0.25) is 4.99 Å². The molecule has 2 aromatic carbocycles. The standard InChI is InChI=1S/C19H18FN/c1-13-4-3-5-16(10-13)14(2)17-11-19(21-12-17)15-6-8-18(20)9-7-15/h3-12,14,19H,1-2H3.